The second kappa shape index (κ2) is 7.60. The first-order valence-corrected chi connectivity index (χ1v) is 8.95. The number of amides is 2. The topological polar surface area (TPSA) is 52.7 Å². The van der Waals surface area contributed by atoms with Crippen LogP contribution in [-0.2, 0) is 9.59 Å². The Kier molecular flexibility index (Phi) is 5.26. The maximum absolute atomic E-state index is 12.6. The Balaban J connectivity index is 1.63. The third kappa shape index (κ3) is 3.87. The minimum atomic E-state index is -0.349. The molecule has 0 spiro atoms. The molecule has 0 aliphatic carbocycles. The van der Waals surface area contributed by atoms with E-state index in [1.807, 2.05) is 66.7 Å². The van der Waals surface area contributed by atoms with Gasteiger partial charge in [0.05, 0.1) is 18.2 Å². The van der Waals surface area contributed by atoms with E-state index in [1.54, 1.807) is 5.01 Å². The maximum Gasteiger partial charge on any atom is 0.241 e. The van der Waals surface area contributed by atoms with Gasteiger partial charge in [0, 0.05) is 19.2 Å². The smallest absolute Gasteiger partial charge is 0.241 e. The standard InChI is InChI=1S/C21H25N3O2/c1-15(2)16-9-11-18(12-10-16)22-21(26)17-13-20(25)24(14-17)23(3)19-7-5-4-6-8-19/h4-12,15,17H,13-14H2,1-3H3,(H,22,26). The summed E-state index contributed by atoms with van der Waals surface area (Å²) in [6.45, 7) is 4.66. The van der Waals surface area contributed by atoms with E-state index < -0.39 is 0 Å². The molecule has 2 amide bonds. The largest absolute Gasteiger partial charge is 0.326 e. The minimum Gasteiger partial charge on any atom is -0.326 e. The van der Waals surface area contributed by atoms with Gasteiger partial charge in [-0.15, -0.1) is 0 Å². The van der Waals surface area contributed by atoms with Crippen LogP contribution in [0.5, 0.6) is 0 Å². The summed E-state index contributed by atoms with van der Waals surface area (Å²) >= 11 is 0. The number of para-hydroxylation sites is 1. The highest BCUT2D eigenvalue weighted by Gasteiger charge is 2.36. The zero-order valence-corrected chi connectivity index (χ0v) is 15.5. The van der Waals surface area contributed by atoms with Crippen LogP contribution in [0.25, 0.3) is 0 Å². The third-order valence-corrected chi connectivity index (χ3v) is 4.81. The molecule has 0 saturated carbocycles. The van der Waals surface area contributed by atoms with Crippen LogP contribution in [0.1, 0.15) is 31.7 Å². The molecular formula is C21H25N3O2. The van der Waals surface area contributed by atoms with Gasteiger partial charge in [0.2, 0.25) is 11.8 Å². The Morgan fingerprint density at radius 2 is 1.77 bits per heavy atom. The fourth-order valence-corrected chi connectivity index (χ4v) is 3.14. The van der Waals surface area contributed by atoms with Crippen molar-refractivity contribution in [3.8, 4) is 0 Å². The Bertz CT molecular complexity index is 772. The van der Waals surface area contributed by atoms with Gasteiger partial charge in [-0.25, -0.2) is 0 Å². The molecule has 0 bridgehead atoms. The third-order valence-electron chi connectivity index (χ3n) is 4.81. The second-order valence-electron chi connectivity index (χ2n) is 7.00. The van der Waals surface area contributed by atoms with Gasteiger partial charge in [-0.1, -0.05) is 44.2 Å². The van der Waals surface area contributed by atoms with Crippen molar-refractivity contribution in [3.05, 3.63) is 60.2 Å². The van der Waals surface area contributed by atoms with E-state index in [-0.39, 0.29) is 24.2 Å². The predicted molar refractivity (Wildman–Crippen MR) is 104 cm³/mol. The lowest BCUT2D eigenvalue weighted by atomic mass is 10.0. The van der Waals surface area contributed by atoms with Gasteiger partial charge in [-0.05, 0) is 35.7 Å². The molecule has 2 aromatic carbocycles. The van der Waals surface area contributed by atoms with E-state index in [1.165, 1.54) is 5.56 Å². The minimum absolute atomic E-state index is 0.0355. The van der Waals surface area contributed by atoms with Crippen molar-refractivity contribution in [1.82, 2.24) is 5.01 Å². The normalized spacial score (nSPS) is 16.8. The summed E-state index contributed by atoms with van der Waals surface area (Å²) < 4.78 is 0. The van der Waals surface area contributed by atoms with Crippen molar-refractivity contribution in [2.24, 2.45) is 5.92 Å². The second-order valence-corrected chi connectivity index (χ2v) is 7.00. The molecular weight excluding hydrogens is 326 g/mol. The van der Waals surface area contributed by atoms with E-state index in [0.29, 0.717) is 12.5 Å². The summed E-state index contributed by atoms with van der Waals surface area (Å²) in [6.07, 6.45) is 0.229. The van der Waals surface area contributed by atoms with Crippen LogP contribution in [0.4, 0.5) is 11.4 Å². The van der Waals surface area contributed by atoms with Crippen LogP contribution in [0, 0.1) is 5.92 Å². The highest BCUT2D eigenvalue weighted by atomic mass is 16.2. The molecule has 1 N–H and O–H groups in total. The molecule has 0 radical (unpaired) electrons. The van der Waals surface area contributed by atoms with Crippen molar-refractivity contribution in [2.45, 2.75) is 26.2 Å². The van der Waals surface area contributed by atoms with E-state index in [4.69, 9.17) is 0 Å². The van der Waals surface area contributed by atoms with Crippen molar-refractivity contribution in [2.75, 3.05) is 23.9 Å². The van der Waals surface area contributed by atoms with Crippen LogP contribution in [0.15, 0.2) is 54.6 Å². The molecule has 1 aliphatic heterocycles. The number of nitrogens with one attached hydrogen (secondary N) is 1. The number of hydrogen-bond donors (Lipinski definition) is 1. The van der Waals surface area contributed by atoms with Gasteiger partial charge < -0.3 is 5.32 Å². The van der Waals surface area contributed by atoms with Crippen molar-refractivity contribution in [1.29, 1.82) is 0 Å². The fraction of sp³-hybridized carbons (Fsp3) is 0.333. The highest BCUT2D eigenvalue weighted by molar-refractivity contribution is 5.97. The van der Waals surface area contributed by atoms with Crippen LogP contribution in [0.2, 0.25) is 0 Å². The zero-order valence-electron chi connectivity index (χ0n) is 15.5. The molecule has 5 nitrogen and oxygen atoms in total. The van der Waals surface area contributed by atoms with Gasteiger partial charge in [0.1, 0.15) is 0 Å². The van der Waals surface area contributed by atoms with Crippen LogP contribution < -0.4 is 10.3 Å². The maximum atomic E-state index is 12.6. The SMILES string of the molecule is CC(C)c1ccc(NC(=O)C2CC(=O)N(N(C)c3ccccc3)C2)cc1. The number of carbonyl (C=O) groups is 2. The van der Waals surface area contributed by atoms with E-state index in [2.05, 4.69) is 19.2 Å². The first-order valence-electron chi connectivity index (χ1n) is 8.95. The number of rotatable bonds is 5. The number of benzene rings is 2. The average molecular weight is 351 g/mol. The molecule has 1 atom stereocenters. The van der Waals surface area contributed by atoms with Crippen LogP contribution in [0.3, 0.4) is 0 Å². The Morgan fingerprint density at radius 3 is 2.38 bits per heavy atom. The molecule has 3 rings (SSSR count). The summed E-state index contributed by atoms with van der Waals surface area (Å²) in [5, 5.41) is 6.39. The van der Waals surface area contributed by atoms with Gasteiger partial charge in [-0.2, -0.15) is 0 Å². The molecule has 0 aromatic heterocycles. The van der Waals surface area contributed by atoms with E-state index in [0.717, 1.165) is 11.4 Å². The summed E-state index contributed by atoms with van der Waals surface area (Å²) in [6, 6.07) is 17.5. The quantitative estimate of drug-likeness (QED) is 0.895. The zero-order chi connectivity index (χ0) is 18.7. The fourth-order valence-electron chi connectivity index (χ4n) is 3.14. The van der Waals surface area contributed by atoms with Crippen LogP contribution in [-0.4, -0.2) is 30.4 Å². The first kappa shape index (κ1) is 18.0. The lowest BCUT2D eigenvalue weighted by Crippen LogP contribution is -2.41. The number of anilines is 2. The molecule has 1 aliphatic rings. The monoisotopic (exact) mass is 351 g/mol. The Hall–Kier alpha value is -2.82. The Morgan fingerprint density at radius 1 is 1.12 bits per heavy atom. The molecule has 1 fully saturated rings. The number of hydrazine groups is 1. The highest BCUT2D eigenvalue weighted by Crippen LogP contribution is 2.25. The summed E-state index contributed by atoms with van der Waals surface area (Å²) in [7, 11) is 1.85. The van der Waals surface area contributed by atoms with Gasteiger partial charge in [-0.3, -0.25) is 19.6 Å². The Labute approximate surface area is 154 Å². The van der Waals surface area contributed by atoms with Gasteiger partial charge in [0.15, 0.2) is 0 Å². The summed E-state index contributed by atoms with van der Waals surface area (Å²) in [5.41, 5.74) is 2.92. The van der Waals surface area contributed by atoms with E-state index >= 15 is 0 Å². The van der Waals surface area contributed by atoms with Crippen molar-refractivity contribution in [3.63, 3.8) is 0 Å². The number of carbonyl (C=O) groups excluding carboxylic acids is 2. The average Bonchev–Trinajstić information content (AvgIpc) is 3.04. The summed E-state index contributed by atoms with van der Waals surface area (Å²) in [4.78, 5) is 25.0. The lowest BCUT2D eigenvalue weighted by Gasteiger charge is -2.30. The number of nitrogens with zero attached hydrogens (tertiary/aromatic N) is 2. The molecule has 1 unspecified atom stereocenters. The predicted octanol–water partition coefficient (Wildman–Crippen LogP) is 3.65. The van der Waals surface area contributed by atoms with Gasteiger partial charge >= 0.3 is 0 Å². The van der Waals surface area contributed by atoms with Crippen molar-refractivity contribution >= 4 is 23.2 Å². The molecule has 136 valence electrons. The molecule has 1 saturated heterocycles. The number of hydrogen-bond acceptors (Lipinski definition) is 3. The molecule has 1 heterocycles. The lowest BCUT2D eigenvalue weighted by molar-refractivity contribution is -0.128. The van der Waals surface area contributed by atoms with Crippen molar-refractivity contribution < 1.29 is 9.59 Å². The molecule has 26 heavy (non-hydrogen) atoms. The summed E-state index contributed by atoms with van der Waals surface area (Å²) in [5.74, 6) is -0.0426. The first-order chi connectivity index (χ1) is 12.5. The van der Waals surface area contributed by atoms with Gasteiger partial charge in [0.25, 0.3) is 0 Å². The van der Waals surface area contributed by atoms with Crippen LogP contribution >= 0.6 is 0 Å². The van der Waals surface area contributed by atoms with E-state index in [9.17, 15) is 9.59 Å². The molecule has 5 heteroatoms. The molecule has 2 aromatic rings.